The third-order valence-electron chi connectivity index (χ3n) is 12.6. The van der Waals surface area contributed by atoms with Crippen LogP contribution in [0.2, 0.25) is 0 Å². The van der Waals surface area contributed by atoms with E-state index in [0.29, 0.717) is 29.6 Å². The molecule has 230 valence electrons. The minimum absolute atomic E-state index is 0.194. The van der Waals surface area contributed by atoms with Crippen molar-refractivity contribution in [1.82, 2.24) is 14.7 Å². The standard InChI is InChI=1S/C34H61N3O3/c1-27(2)35-17-11-34(12-18-35)8-6-30(25-40-34)22-28(3)36-15-9-32(10-16-36)24-31(38-26-32)23-29(4)37-19-13-33(14-20-37)7-5-21-39-33/h27-31H,5-26H2,1-4H3. The lowest BCUT2D eigenvalue weighted by molar-refractivity contribution is -0.134. The molecule has 3 spiro atoms. The summed E-state index contributed by atoms with van der Waals surface area (Å²) in [7, 11) is 0. The van der Waals surface area contributed by atoms with Gasteiger partial charge in [-0.15, -0.1) is 0 Å². The van der Waals surface area contributed by atoms with E-state index in [2.05, 4.69) is 42.4 Å². The number of hydrogen-bond donors (Lipinski definition) is 0. The van der Waals surface area contributed by atoms with E-state index >= 15 is 0 Å². The molecule has 0 amide bonds. The fourth-order valence-corrected chi connectivity index (χ4v) is 9.46. The molecule has 0 N–H and O–H groups in total. The van der Waals surface area contributed by atoms with E-state index in [9.17, 15) is 0 Å². The van der Waals surface area contributed by atoms with Crippen LogP contribution >= 0.6 is 0 Å². The van der Waals surface area contributed by atoms with Crippen molar-refractivity contribution >= 4 is 0 Å². The molecule has 6 nitrogen and oxygen atoms in total. The number of piperidine rings is 3. The second-order valence-corrected chi connectivity index (χ2v) is 15.5. The van der Waals surface area contributed by atoms with Crippen LogP contribution in [0.1, 0.15) is 111 Å². The normalized spacial score (nSPS) is 34.7. The molecule has 0 radical (unpaired) electrons. The summed E-state index contributed by atoms with van der Waals surface area (Å²) in [6.45, 7) is 19.9. The molecule has 4 atom stereocenters. The molecule has 40 heavy (non-hydrogen) atoms. The Balaban J connectivity index is 0.891. The third kappa shape index (κ3) is 6.63. The molecule has 6 aliphatic heterocycles. The summed E-state index contributed by atoms with van der Waals surface area (Å²) in [5.41, 5.74) is 0.863. The molecule has 0 aromatic rings. The molecule has 6 heteroatoms. The van der Waals surface area contributed by atoms with Crippen molar-refractivity contribution in [3.8, 4) is 0 Å². The monoisotopic (exact) mass is 559 g/mol. The molecule has 6 fully saturated rings. The first kappa shape index (κ1) is 29.8. The van der Waals surface area contributed by atoms with Gasteiger partial charge in [0.1, 0.15) is 0 Å². The van der Waals surface area contributed by atoms with Crippen molar-refractivity contribution in [1.29, 1.82) is 0 Å². The van der Waals surface area contributed by atoms with Gasteiger partial charge >= 0.3 is 0 Å². The summed E-state index contributed by atoms with van der Waals surface area (Å²) in [4.78, 5) is 8.14. The minimum atomic E-state index is 0.194. The SMILES string of the molecule is CC(C)N1CCC2(CCC(CC(C)N3CCC4(CC3)COC(CC(C)N3CCC5(CCCO5)CC3)C4)CO2)CC1. The van der Waals surface area contributed by atoms with Gasteiger partial charge in [0.2, 0.25) is 0 Å². The van der Waals surface area contributed by atoms with Gasteiger partial charge < -0.3 is 28.9 Å². The number of hydrogen-bond acceptors (Lipinski definition) is 6. The first-order chi connectivity index (χ1) is 19.3. The summed E-state index contributed by atoms with van der Waals surface area (Å²) >= 11 is 0. The fraction of sp³-hybridized carbons (Fsp3) is 1.00. The molecule has 6 rings (SSSR count). The van der Waals surface area contributed by atoms with Gasteiger partial charge in [-0.2, -0.15) is 0 Å². The van der Waals surface area contributed by atoms with Crippen molar-refractivity contribution in [2.24, 2.45) is 11.3 Å². The van der Waals surface area contributed by atoms with Crippen molar-refractivity contribution < 1.29 is 14.2 Å². The van der Waals surface area contributed by atoms with Crippen LogP contribution < -0.4 is 0 Å². The maximum atomic E-state index is 6.65. The molecular formula is C34H61N3O3. The van der Waals surface area contributed by atoms with E-state index < -0.39 is 0 Å². The van der Waals surface area contributed by atoms with Gasteiger partial charge in [0.25, 0.3) is 0 Å². The Morgan fingerprint density at radius 1 is 0.675 bits per heavy atom. The van der Waals surface area contributed by atoms with Crippen LogP contribution in [0.3, 0.4) is 0 Å². The molecule has 0 aromatic carbocycles. The van der Waals surface area contributed by atoms with Gasteiger partial charge in [-0.05, 0) is 136 Å². The highest BCUT2D eigenvalue weighted by Crippen LogP contribution is 2.45. The van der Waals surface area contributed by atoms with Crippen molar-refractivity contribution in [2.45, 2.75) is 147 Å². The van der Waals surface area contributed by atoms with Gasteiger partial charge in [-0.25, -0.2) is 0 Å². The molecule has 0 aliphatic carbocycles. The molecule has 0 aromatic heterocycles. The lowest BCUT2D eigenvalue weighted by Gasteiger charge is -2.47. The Bertz CT molecular complexity index is 793. The highest BCUT2D eigenvalue weighted by molar-refractivity contribution is 4.97. The summed E-state index contributed by atoms with van der Waals surface area (Å²) in [5.74, 6) is 0.741. The van der Waals surface area contributed by atoms with Crippen LogP contribution in [-0.4, -0.2) is 109 Å². The van der Waals surface area contributed by atoms with Gasteiger partial charge in [0.05, 0.1) is 30.5 Å². The number of rotatable bonds is 7. The van der Waals surface area contributed by atoms with Crippen LogP contribution in [-0.2, 0) is 14.2 Å². The topological polar surface area (TPSA) is 37.4 Å². The average Bonchev–Trinajstić information content (AvgIpc) is 3.58. The Morgan fingerprint density at radius 3 is 1.85 bits per heavy atom. The van der Waals surface area contributed by atoms with Crippen molar-refractivity contribution in [2.75, 3.05) is 59.1 Å². The van der Waals surface area contributed by atoms with Gasteiger partial charge in [0, 0.05) is 50.9 Å². The maximum Gasteiger partial charge on any atom is 0.0707 e. The first-order valence-corrected chi connectivity index (χ1v) is 17.4. The summed E-state index contributed by atoms with van der Waals surface area (Å²) < 4.78 is 19.3. The second-order valence-electron chi connectivity index (χ2n) is 15.5. The van der Waals surface area contributed by atoms with E-state index in [0.717, 1.165) is 25.7 Å². The highest BCUT2D eigenvalue weighted by atomic mass is 16.5. The number of ether oxygens (including phenoxy) is 3. The summed E-state index contributed by atoms with van der Waals surface area (Å²) in [5, 5.41) is 0. The zero-order chi connectivity index (χ0) is 27.8. The summed E-state index contributed by atoms with van der Waals surface area (Å²) in [6.07, 6.45) is 17.0. The van der Waals surface area contributed by atoms with Crippen molar-refractivity contribution in [3.05, 3.63) is 0 Å². The second kappa shape index (κ2) is 12.4. The average molecular weight is 560 g/mol. The zero-order valence-electron chi connectivity index (χ0n) is 26.5. The zero-order valence-corrected chi connectivity index (χ0v) is 26.5. The Kier molecular flexibility index (Phi) is 9.24. The van der Waals surface area contributed by atoms with Gasteiger partial charge in [-0.3, -0.25) is 0 Å². The molecule has 0 saturated carbocycles. The summed E-state index contributed by atoms with van der Waals surface area (Å²) in [6, 6.07) is 1.97. The van der Waals surface area contributed by atoms with E-state index in [-0.39, 0.29) is 11.2 Å². The molecule has 6 heterocycles. The minimum Gasteiger partial charge on any atom is -0.378 e. The fourth-order valence-electron chi connectivity index (χ4n) is 9.46. The maximum absolute atomic E-state index is 6.65. The van der Waals surface area contributed by atoms with Crippen LogP contribution in [0.5, 0.6) is 0 Å². The number of likely N-dealkylation sites (tertiary alicyclic amines) is 3. The quantitative estimate of drug-likeness (QED) is 0.397. The van der Waals surface area contributed by atoms with Crippen LogP contribution in [0, 0.1) is 11.3 Å². The van der Waals surface area contributed by atoms with Gasteiger partial charge in [0.15, 0.2) is 0 Å². The lowest BCUT2D eigenvalue weighted by Crippen LogP contribution is -2.51. The van der Waals surface area contributed by atoms with E-state index in [1.54, 1.807) is 0 Å². The highest BCUT2D eigenvalue weighted by Gasteiger charge is 2.45. The smallest absolute Gasteiger partial charge is 0.0707 e. The molecule has 6 aliphatic rings. The Hall–Kier alpha value is -0.240. The Morgan fingerprint density at radius 2 is 1.27 bits per heavy atom. The van der Waals surface area contributed by atoms with Gasteiger partial charge in [-0.1, -0.05) is 0 Å². The molecule has 0 bridgehead atoms. The number of nitrogens with zero attached hydrogens (tertiary/aromatic N) is 3. The van der Waals surface area contributed by atoms with Crippen LogP contribution in [0.25, 0.3) is 0 Å². The van der Waals surface area contributed by atoms with Crippen molar-refractivity contribution in [3.63, 3.8) is 0 Å². The largest absolute Gasteiger partial charge is 0.378 e. The lowest BCUT2D eigenvalue weighted by atomic mass is 9.75. The predicted molar refractivity (Wildman–Crippen MR) is 162 cm³/mol. The van der Waals surface area contributed by atoms with E-state index in [1.807, 2.05) is 0 Å². The third-order valence-corrected chi connectivity index (χ3v) is 12.6. The molecular weight excluding hydrogens is 498 g/mol. The van der Waals surface area contributed by atoms with Crippen LogP contribution in [0.15, 0.2) is 0 Å². The van der Waals surface area contributed by atoms with E-state index in [1.165, 1.54) is 123 Å². The molecule has 6 saturated heterocycles. The molecule has 4 unspecified atom stereocenters. The Labute approximate surface area is 245 Å². The van der Waals surface area contributed by atoms with E-state index in [4.69, 9.17) is 14.2 Å². The first-order valence-electron chi connectivity index (χ1n) is 17.4. The van der Waals surface area contributed by atoms with Crippen LogP contribution in [0.4, 0.5) is 0 Å². The predicted octanol–water partition coefficient (Wildman–Crippen LogP) is 5.73.